The van der Waals surface area contributed by atoms with Crippen LogP contribution in [0.2, 0.25) is 0 Å². The van der Waals surface area contributed by atoms with Gasteiger partial charge in [0.15, 0.2) is 0 Å². The molecule has 80 valence electrons. The number of benzene rings is 1. The molecule has 1 aromatic rings. The Hall–Kier alpha value is -1.63. The van der Waals surface area contributed by atoms with E-state index < -0.39 is 5.92 Å². The van der Waals surface area contributed by atoms with Crippen LogP contribution in [0, 0.1) is 11.3 Å². The van der Waals surface area contributed by atoms with Crippen molar-refractivity contribution in [2.75, 3.05) is 7.11 Å². The highest BCUT2D eigenvalue weighted by Gasteiger charge is 2.28. The Morgan fingerprint density at radius 3 is 2.60 bits per heavy atom. The summed E-state index contributed by atoms with van der Waals surface area (Å²) in [6.07, 6.45) is 0.118. The molecule has 0 bridgehead atoms. The number of hydrogen-bond donors (Lipinski definition) is 0. The van der Waals surface area contributed by atoms with Gasteiger partial charge in [0.1, 0.15) is 5.75 Å². The van der Waals surface area contributed by atoms with Gasteiger partial charge < -0.3 is 4.74 Å². The van der Waals surface area contributed by atoms with E-state index in [1.165, 1.54) is 19.2 Å². The van der Waals surface area contributed by atoms with Gasteiger partial charge >= 0.3 is 0 Å². The number of alkyl halides is 2. The summed E-state index contributed by atoms with van der Waals surface area (Å²) in [5.74, 6) is -2.82. The Labute approximate surface area is 87.1 Å². The Kier molecular flexibility index (Phi) is 3.25. The van der Waals surface area contributed by atoms with Crippen molar-refractivity contribution in [1.82, 2.24) is 0 Å². The normalized spacial score (nSPS) is 10.9. The van der Waals surface area contributed by atoms with Crippen LogP contribution in [0.3, 0.4) is 0 Å². The van der Waals surface area contributed by atoms with Crippen molar-refractivity contribution in [2.24, 2.45) is 0 Å². The lowest BCUT2D eigenvalue weighted by Crippen LogP contribution is -2.09. The van der Waals surface area contributed by atoms with Crippen molar-refractivity contribution < 1.29 is 13.5 Å². The Morgan fingerprint density at radius 1 is 1.47 bits per heavy atom. The second kappa shape index (κ2) is 4.26. The molecule has 0 heterocycles. The van der Waals surface area contributed by atoms with Gasteiger partial charge in [-0.05, 0) is 17.7 Å². The van der Waals surface area contributed by atoms with Crippen LogP contribution in [0.5, 0.6) is 5.75 Å². The monoisotopic (exact) mass is 211 g/mol. The molecule has 0 aliphatic carbocycles. The Bertz CT molecular complexity index is 391. The molecule has 1 rings (SSSR count). The third kappa shape index (κ3) is 2.66. The lowest BCUT2D eigenvalue weighted by atomic mass is 10.0. The molecule has 0 unspecified atom stereocenters. The topological polar surface area (TPSA) is 33.0 Å². The largest absolute Gasteiger partial charge is 0.496 e. The van der Waals surface area contributed by atoms with E-state index in [2.05, 4.69) is 0 Å². The second-order valence-electron chi connectivity index (χ2n) is 3.26. The molecule has 0 aromatic heterocycles. The summed E-state index contributed by atoms with van der Waals surface area (Å²) in [4.78, 5) is 0. The number of ether oxygens (including phenoxy) is 1. The predicted octanol–water partition coefficient (Wildman–Crippen LogP) is 2.87. The molecule has 1 aromatic carbocycles. The minimum Gasteiger partial charge on any atom is -0.496 e. The predicted molar refractivity (Wildman–Crippen MR) is 51.9 cm³/mol. The van der Waals surface area contributed by atoms with Crippen molar-refractivity contribution in [3.63, 3.8) is 0 Å². The molecule has 0 amide bonds. The lowest BCUT2D eigenvalue weighted by Gasteiger charge is -2.15. The first kappa shape index (κ1) is 11.4. The van der Waals surface area contributed by atoms with E-state index in [1.54, 1.807) is 6.07 Å². The summed E-state index contributed by atoms with van der Waals surface area (Å²) < 4.78 is 31.2. The minimum absolute atomic E-state index is 0.118. The highest BCUT2D eigenvalue weighted by atomic mass is 19.3. The number of hydrogen-bond acceptors (Lipinski definition) is 2. The van der Waals surface area contributed by atoms with Crippen molar-refractivity contribution >= 4 is 0 Å². The maximum Gasteiger partial charge on any atom is 0.274 e. The standard InChI is InChI=1S/C11H11F2NO/c1-11(12,13)9-7-8(5-6-14)3-4-10(9)15-2/h3-4,7H,5H2,1-2H3. The van der Waals surface area contributed by atoms with Crippen molar-refractivity contribution in [1.29, 1.82) is 5.26 Å². The fourth-order valence-electron chi connectivity index (χ4n) is 1.30. The van der Waals surface area contributed by atoms with Crippen LogP contribution in [0.25, 0.3) is 0 Å². The Morgan fingerprint density at radius 2 is 2.13 bits per heavy atom. The van der Waals surface area contributed by atoms with E-state index >= 15 is 0 Å². The van der Waals surface area contributed by atoms with Crippen LogP contribution in [-0.2, 0) is 12.3 Å². The molecule has 4 heteroatoms. The molecule has 0 N–H and O–H groups in total. The highest BCUT2D eigenvalue weighted by molar-refractivity contribution is 5.40. The molecular weight excluding hydrogens is 200 g/mol. The highest BCUT2D eigenvalue weighted by Crippen LogP contribution is 2.34. The number of halogens is 2. The van der Waals surface area contributed by atoms with Gasteiger partial charge in [0.25, 0.3) is 5.92 Å². The molecule has 0 atom stereocenters. The summed E-state index contributed by atoms with van der Waals surface area (Å²) in [7, 11) is 1.34. The number of methoxy groups -OCH3 is 1. The molecular formula is C11H11F2NO. The molecule has 0 radical (unpaired) electrons. The first-order valence-electron chi connectivity index (χ1n) is 4.41. The number of nitriles is 1. The lowest BCUT2D eigenvalue weighted by molar-refractivity contribution is 0.0150. The average Bonchev–Trinajstić information content (AvgIpc) is 2.17. The van der Waals surface area contributed by atoms with E-state index in [0.29, 0.717) is 5.56 Å². The van der Waals surface area contributed by atoms with Gasteiger partial charge in [-0.25, -0.2) is 8.78 Å². The van der Waals surface area contributed by atoms with E-state index in [0.717, 1.165) is 6.92 Å². The summed E-state index contributed by atoms with van der Waals surface area (Å²) in [6, 6.07) is 6.29. The fourth-order valence-corrected chi connectivity index (χ4v) is 1.30. The zero-order valence-electron chi connectivity index (χ0n) is 8.55. The zero-order chi connectivity index (χ0) is 11.5. The van der Waals surface area contributed by atoms with Crippen LogP contribution < -0.4 is 4.74 Å². The summed E-state index contributed by atoms with van der Waals surface area (Å²) in [6.45, 7) is 0.807. The van der Waals surface area contributed by atoms with Crippen molar-refractivity contribution in [3.8, 4) is 11.8 Å². The van der Waals surface area contributed by atoms with Gasteiger partial charge in [-0.15, -0.1) is 0 Å². The van der Waals surface area contributed by atoms with Gasteiger partial charge in [0.05, 0.1) is 25.2 Å². The van der Waals surface area contributed by atoms with Crippen LogP contribution in [0.1, 0.15) is 18.1 Å². The summed E-state index contributed by atoms with van der Waals surface area (Å²) in [5, 5.41) is 8.47. The van der Waals surface area contributed by atoms with Crippen LogP contribution in [-0.4, -0.2) is 7.11 Å². The summed E-state index contributed by atoms with van der Waals surface area (Å²) in [5.41, 5.74) is 0.382. The number of rotatable bonds is 3. The van der Waals surface area contributed by atoms with Crippen molar-refractivity contribution in [2.45, 2.75) is 19.3 Å². The molecule has 15 heavy (non-hydrogen) atoms. The third-order valence-electron chi connectivity index (χ3n) is 2.02. The van der Waals surface area contributed by atoms with Gasteiger partial charge in [-0.1, -0.05) is 6.07 Å². The SMILES string of the molecule is COc1ccc(CC#N)cc1C(C)(F)F. The van der Waals surface area contributed by atoms with E-state index in [4.69, 9.17) is 10.00 Å². The van der Waals surface area contributed by atoms with E-state index in [1.807, 2.05) is 6.07 Å². The maximum atomic E-state index is 13.2. The molecule has 0 spiro atoms. The van der Waals surface area contributed by atoms with Crippen molar-refractivity contribution in [3.05, 3.63) is 29.3 Å². The van der Waals surface area contributed by atoms with Gasteiger partial charge in [-0.3, -0.25) is 0 Å². The van der Waals surface area contributed by atoms with E-state index in [9.17, 15) is 8.78 Å². The number of nitrogens with zero attached hydrogens (tertiary/aromatic N) is 1. The average molecular weight is 211 g/mol. The quantitative estimate of drug-likeness (QED) is 0.770. The third-order valence-corrected chi connectivity index (χ3v) is 2.02. The fraction of sp³-hybridized carbons (Fsp3) is 0.364. The van der Waals surface area contributed by atoms with E-state index in [-0.39, 0.29) is 17.7 Å². The minimum atomic E-state index is -2.96. The molecule has 0 aliphatic rings. The molecule has 0 saturated heterocycles. The summed E-state index contributed by atoms with van der Waals surface area (Å²) >= 11 is 0. The molecule has 0 saturated carbocycles. The first-order valence-corrected chi connectivity index (χ1v) is 4.41. The zero-order valence-corrected chi connectivity index (χ0v) is 8.55. The van der Waals surface area contributed by atoms with Gasteiger partial charge in [-0.2, -0.15) is 5.26 Å². The van der Waals surface area contributed by atoms with Crippen LogP contribution in [0.15, 0.2) is 18.2 Å². The Balaban J connectivity index is 3.21. The maximum absolute atomic E-state index is 13.2. The van der Waals surface area contributed by atoms with Crippen LogP contribution in [0.4, 0.5) is 8.78 Å². The second-order valence-corrected chi connectivity index (χ2v) is 3.26. The van der Waals surface area contributed by atoms with Gasteiger partial charge in [0.2, 0.25) is 0 Å². The van der Waals surface area contributed by atoms with Gasteiger partial charge in [0, 0.05) is 6.92 Å². The van der Waals surface area contributed by atoms with Crippen LogP contribution >= 0.6 is 0 Å². The molecule has 0 fully saturated rings. The molecule has 0 aliphatic heterocycles. The smallest absolute Gasteiger partial charge is 0.274 e. The molecule has 2 nitrogen and oxygen atoms in total. The first-order chi connectivity index (χ1) is 6.99.